The quantitative estimate of drug-likeness (QED) is 0.807. The molecule has 0 radical (unpaired) electrons. The van der Waals surface area contributed by atoms with Gasteiger partial charge >= 0.3 is 0 Å². The van der Waals surface area contributed by atoms with Crippen molar-refractivity contribution >= 4 is 5.91 Å². The van der Waals surface area contributed by atoms with Crippen molar-refractivity contribution in [3.05, 3.63) is 23.8 Å². The van der Waals surface area contributed by atoms with Crippen LogP contribution in [0.25, 0.3) is 0 Å². The number of ether oxygens (including phenoxy) is 2. The molecule has 0 heterocycles. The number of carbonyl (C=O) groups excluding carboxylic acids is 1. The van der Waals surface area contributed by atoms with Crippen LogP contribution in [-0.4, -0.2) is 32.2 Å². The molecule has 21 heavy (non-hydrogen) atoms. The van der Waals surface area contributed by atoms with Crippen molar-refractivity contribution in [3.63, 3.8) is 0 Å². The third-order valence-corrected chi connectivity index (χ3v) is 3.72. The molecular weight excluding hydrogens is 268 g/mol. The third kappa shape index (κ3) is 4.11. The van der Waals surface area contributed by atoms with Crippen LogP contribution in [-0.2, 0) is 4.79 Å². The molecule has 1 aliphatic carbocycles. The first-order chi connectivity index (χ1) is 10.0. The van der Waals surface area contributed by atoms with Gasteiger partial charge in [-0.2, -0.15) is 0 Å². The molecule has 1 aromatic carbocycles. The number of benzene rings is 1. The molecule has 2 unspecified atom stereocenters. The van der Waals surface area contributed by atoms with Crippen molar-refractivity contribution in [1.82, 2.24) is 10.6 Å². The molecule has 2 rings (SSSR count). The first-order valence-electron chi connectivity index (χ1n) is 7.33. The molecule has 5 nitrogen and oxygen atoms in total. The summed E-state index contributed by atoms with van der Waals surface area (Å²) in [6.07, 6.45) is 2.20. The van der Waals surface area contributed by atoms with E-state index in [-0.39, 0.29) is 18.0 Å². The fraction of sp³-hybridized carbons (Fsp3) is 0.562. The minimum atomic E-state index is -0.228. The zero-order valence-electron chi connectivity index (χ0n) is 13.1. The molecule has 1 aliphatic rings. The summed E-state index contributed by atoms with van der Waals surface area (Å²) in [5, 5.41) is 6.31. The summed E-state index contributed by atoms with van der Waals surface area (Å²) in [7, 11) is 3.23. The molecule has 1 aromatic rings. The molecule has 1 fully saturated rings. The highest BCUT2D eigenvalue weighted by molar-refractivity contribution is 5.81. The van der Waals surface area contributed by atoms with Gasteiger partial charge in [-0.05, 0) is 44.4 Å². The molecule has 116 valence electrons. The second kappa shape index (κ2) is 6.80. The first kappa shape index (κ1) is 15.6. The Bertz CT molecular complexity index is 500. The van der Waals surface area contributed by atoms with Gasteiger partial charge in [-0.1, -0.05) is 6.07 Å². The molecule has 1 amide bonds. The highest BCUT2D eigenvalue weighted by Gasteiger charge is 2.26. The summed E-state index contributed by atoms with van der Waals surface area (Å²) in [5.74, 6) is 1.46. The second-order valence-electron chi connectivity index (χ2n) is 5.51. The van der Waals surface area contributed by atoms with E-state index in [2.05, 4.69) is 10.6 Å². The van der Waals surface area contributed by atoms with Crippen molar-refractivity contribution in [2.45, 2.75) is 44.8 Å². The number of methoxy groups -OCH3 is 2. The summed E-state index contributed by atoms with van der Waals surface area (Å²) in [4.78, 5) is 12.0. The van der Waals surface area contributed by atoms with Crippen LogP contribution in [0.2, 0.25) is 0 Å². The lowest BCUT2D eigenvalue weighted by molar-refractivity contribution is -0.123. The smallest absolute Gasteiger partial charge is 0.237 e. The van der Waals surface area contributed by atoms with Crippen LogP contribution in [0.1, 0.15) is 38.3 Å². The van der Waals surface area contributed by atoms with Crippen LogP contribution in [0.3, 0.4) is 0 Å². The monoisotopic (exact) mass is 292 g/mol. The molecule has 0 saturated heterocycles. The van der Waals surface area contributed by atoms with Crippen molar-refractivity contribution < 1.29 is 14.3 Å². The zero-order chi connectivity index (χ0) is 15.4. The molecule has 0 bridgehead atoms. The molecule has 5 heteroatoms. The van der Waals surface area contributed by atoms with Gasteiger partial charge in [-0.15, -0.1) is 0 Å². The van der Waals surface area contributed by atoms with E-state index in [9.17, 15) is 4.79 Å². The molecule has 2 N–H and O–H groups in total. The van der Waals surface area contributed by atoms with E-state index in [4.69, 9.17) is 9.47 Å². The zero-order valence-corrected chi connectivity index (χ0v) is 13.1. The van der Waals surface area contributed by atoms with E-state index < -0.39 is 0 Å². The SMILES string of the molecule is COc1ccc(C(C)NC(C)C(=O)NC2CC2)cc1OC. The summed E-state index contributed by atoms with van der Waals surface area (Å²) in [6, 6.07) is 5.99. The summed E-state index contributed by atoms with van der Waals surface area (Å²) >= 11 is 0. The predicted molar refractivity (Wildman–Crippen MR) is 81.7 cm³/mol. The fourth-order valence-electron chi connectivity index (χ4n) is 2.22. The number of amides is 1. The normalized spacial score (nSPS) is 17.0. The Kier molecular flexibility index (Phi) is 5.07. The van der Waals surface area contributed by atoms with Gasteiger partial charge in [0, 0.05) is 12.1 Å². The van der Waals surface area contributed by atoms with Crippen LogP contribution in [0, 0.1) is 0 Å². The molecule has 1 saturated carbocycles. The highest BCUT2D eigenvalue weighted by atomic mass is 16.5. The van der Waals surface area contributed by atoms with E-state index in [0.29, 0.717) is 17.5 Å². The molecular formula is C16H24N2O3. The van der Waals surface area contributed by atoms with Gasteiger partial charge in [0.25, 0.3) is 0 Å². The Morgan fingerprint density at radius 1 is 1.19 bits per heavy atom. The Morgan fingerprint density at radius 3 is 2.43 bits per heavy atom. The maximum atomic E-state index is 12.0. The van der Waals surface area contributed by atoms with Crippen LogP contribution in [0.15, 0.2) is 18.2 Å². The average Bonchev–Trinajstić information content (AvgIpc) is 3.30. The molecule has 2 atom stereocenters. The average molecular weight is 292 g/mol. The third-order valence-electron chi connectivity index (χ3n) is 3.72. The van der Waals surface area contributed by atoms with E-state index in [1.54, 1.807) is 14.2 Å². The standard InChI is InChI=1S/C16H24N2O3/c1-10(17-11(2)16(19)18-13-6-7-13)12-5-8-14(20-3)15(9-12)21-4/h5,8-11,13,17H,6-7H2,1-4H3,(H,18,19). The Hall–Kier alpha value is -1.75. The van der Waals surface area contributed by atoms with Gasteiger partial charge in [0.1, 0.15) is 0 Å². The maximum Gasteiger partial charge on any atom is 0.237 e. The lowest BCUT2D eigenvalue weighted by Crippen LogP contribution is -2.43. The minimum absolute atomic E-state index is 0.0461. The molecule has 0 aliphatic heterocycles. The number of rotatable bonds is 7. The van der Waals surface area contributed by atoms with E-state index in [1.807, 2.05) is 32.0 Å². The minimum Gasteiger partial charge on any atom is -0.493 e. The number of nitrogens with one attached hydrogen (secondary N) is 2. The topological polar surface area (TPSA) is 59.6 Å². The highest BCUT2D eigenvalue weighted by Crippen LogP contribution is 2.30. The van der Waals surface area contributed by atoms with Crippen LogP contribution >= 0.6 is 0 Å². The summed E-state index contributed by atoms with van der Waals surface area (Å²) in [5.41, 5.74) is 1.05. The van der Waals surface area contributed by atoms with Crippen LogP contribution in [0.4, 0.5) is 0 Å². The lowest BCUT2D eigenvalue weighted by Gasteiger charge is -2.21. The van der Waals surface area contributed by atoms with Gasteiger partial charge in [-0.25, -0.2) is 0 Å². The predicted octanol–water partition coefficient (Wildman–Crippen LogP) is 2.02. The second-order valence-corrected chi connectivity index (χ2v) is 5.51. The molecule has 0 spiro atoms. The Morgan fingerprint density at radius 2 is 1.86 bits per heavy atom. The largest absolute Gasteiger partial charge is 0.493 e. The van der Waals surface area contributed by atoms with Crippen molar-refractivity contribution in [1.29, 1.82) is 0 Å². The fourth-order valence-corrected chi connectivity index (χ4v) is 2.22. The lowest BCUT2D eigenvalue weighted by atomic mass is 10.1. The molecule has 0 aromatic heterocycles. The van der Waals surface area contributed by atoms with Crippen molar-refractivity contribution in [2.24, 2.45) is 0 Å². The van der Waals surface area contributed by atoms with E-state index in [1.165, 1.54) is 0 Å². The number of hydrogen-bond acceptors (Lipinski definition) is 4. The first-order valence-corrected chi connectivity index (χ1v) is 7.33. The van der Waals surface area contributed by atoms with Gasteiger partial charge in [0.2, 0.25) is 5.91 Å². The summed E-state index contributed by atoms with van der Waals surface area (Å²) < 4.78 is 10.5. The van der Waals surface area contributed by atoms with E-state index in [0.717, 1.165) is 18.4 Å². The van der Waals surface area contributed by atoms with Gasteiger partial charge in [0.05, 0.1) is 20.3 Å². The van der Waals surface area contributed by atoms with Gasteiger partial charge in [-0.3, -0.25) is 10.1 Å². The van der Waals surface area contributed by atoms with E-state index >= 15 is 0 Å². The van der Waals surface area contributed by atoms with Crippen LogP contribution in [0.5, 0.6) is 11.5 Å². The van der Waals surface area contributed by atoms with Gasteiger partial charge in [0.15, 0.2) is 11.5 Å². The van der Waals surface area contributed by atoms with Crippen LogP contribution < -0.4 is 20.1 Å². The van der Waals surface area contributed by atoms with Gasteiger partial charge < -0.3 is 14.8 Å². The summed E-state index contributed by atoms with van der Waals surface area (Å²) in [6.45, 7) is 3.91. The number of carbonyl (C=O) groups is 1. The number of hydrogen-bond donors (Lipinski definition) is 2. The Balaban J connectivity index is 1.98. The maximum absolute atomic E-state index is 12.0. The van der Waals surface area contributed by atoms with Crippen molar-refractivity contribution in [3.8, 4) is 11.5 Å². The Labute approximate surface area is 126 Å². The van der Waals surface area contributed by atoms with Crippen molar-refractivity contribution in [2.75, 3.05) is 14.2 Å².